The van der Waals surface area contributed by atoms with E-state index in [2.05, 4.69) is 35.6 Å². The van der Waals surface area contributed by atoms with Crippen LogP contribution < -0.4 is 4.90 Å². The molecule has 0 N–H and O–H groups in total. The molecule has 0 bridgehead atoms. The first kappa shape index (κ1) is 16.9. The Kier molecular flexibility index (Phi) is 3.69. The summed E-state index contributed by atoms with van der Waals surface area (Å²) in [5.41, 5.74) is 5.55. The van der Waals surface area contributed by atoms with Crippen molar-refractivity contribution >= 4 is 28.0 Å². The molecule has 0 aliphatic carbocycles. The second-order valence-corrected chi connectivity index (χ2v) is 8.57. The predicted molar refractivity (Wildman–Crippen MR) is 105 cm³/mol. The van der Waals surface area contributed by atoms with Gasteiger partial charge in [0.2, 0.25) is 5.71 Å². The summed E-state index contributed by atoms with van der Waals surface area (Å²) in [4.78, 5) is 16.3. The number of furan rings is 1. The molecule has 5 heterocycles. The molecule has 2 aliphatic rings. The van der Waals surface area contributed by atoms with Crippen LogP contribution in [-0.2, 0) is 17.8 Å². The van der Waals surface area contributed by atoms with E-state index in [9.17, 15) is 0 Å². The fourth-order valence-corrected chi connectivity index (χ4v) is 4.57. The lowest BCUT2D eigenvalue weighted by atomic mass is 9.89. The molecule has 0 saturated carbocycles. The normalized spacial score (nSPS) is 22.4. The molecule has 142 valence electrons. The lowest BCUT2D eigenvalue weighted by Gasteiger charge is -2.34. The van der Waals surface area contributed by atoms with Gasteiger partial charge in [0, 0.05) is 30.3 Å². The van der Waals surface area contributed by atoms with Gasteiger partial charge in [-0.1, -0.05) is 0 Å². The molecule has 0 radical (unpaired) electrons. The van der Waals surface area contributed by atoms with Crippen LogP contribution in [0.3, 0.4) is 0 Å². The number of anilines is 1. The molecular weight excluding hydrogens is 340 g/mol. The third kappa shape index (κ3) is 2.61. The largest absolute Gasteiger partial charge is 0.432 e. The monoisotopic (exact) mass is 366 g/mol. The number of piperidine rings is 1. The standard InChI is InChI=1S/C21H26N4O2/c1-12-7-5-6-8-25(12)19-18-17(22-11-23-19)16-14-9-21(3,4)26-10-15(14)13(2)24-20(16)27-18/h11-12H,5-10H2,1-4H3. The number of pyridine rings is 1. The van der Waals surface area contributed by atoms with Crippen LogP contribution in [0.15, 0.2) is 10.7 Å². The SMILES string of the molecule is Cc1nc2oc3c(N4CCCCC4C)ncnc3c2c2c1COC(C)(C)C2. The molecule has 0 spiro atoms. The molecule has 1 fully saturated rings. The zero-order valence-corrected chi connectivity index (χ0v) is 16.5. The summed E-state index contributed by atoms with van der Waals surface area (Å²) in [5.74, 6) is 0.905. The van der Waals surface area contributed by atoms with Gasteiger partial charge in [-0.25, -0.2) is 15.0 Å². The maximum atomic E-state index is 6.28. The average Bonchev–Trinajstić information content (AvgIpc) is 2.99. The molecule has 0 amide bonds. The Labute approximate surface area is 158 Å². The molecule has 5 rings (SSSR count). The lowest BCUT2D eigenvalue weighted by molar-refractivity contribution is -0.0400. The highest BCUT2D eigenvalue weighted by Gasteiger charge is 2.32. The minimum Gasteiger partial charge on any atom is -0.432 e. The Morgan fingerprint density at radius 2 is 2.04 bits per heavy atom. The van der Waals surface area contributed by atoms with Gasteiger partial charge in [0.1, 0.15) is 11.8 Å². The van der Waals surface area contributed by atoms with E-state index < -0.39 is 0 Å². The van der Waals surface area contributed by atoms with Crippen molar-refractivity contribution in [3.8, 4) is 0 Å². The van der Waals surface area contributed by atoms with Gasteiger partial charge in [-0.15, -0.1) is 0 Å². The van der Waals surface area contributed by atoms with Gasteiger partial charge in [-0.2, -0.15) is 0 Å². The molecule has 1 saturated heterocycles. The highest BCUT2D eigenvalue weighted by atomic mass is 16.5. The van der Waals surface area contributed by atoms with E-state index >= 15 is 0 Å². The van der Waals surface area contributed by atoms with E-state index in [1.54, 1.807) is 6.33 Å². The fraction of sp³-hybridized carbons (Fsp3) is 0.571. The number of nitrogens with zero attached hydrogens (tertiary/aromatic N) is 4. The van der Waals surface area contributed by atoms with Crippen LogP contribution in [-0.4, -0.2) is 33.1 Å². The second kappa shape index (κ2) is 5.89. The van der Waals surface area contributed by atoms with Gasteiger partial charge in [0.25, 0.3) is 0 Å². The first-order chi connectivity index (χ1) is 12.9. The van der Waals surface area contributed by atoms with Crippen molar-refractivity contribution in [1.29, 1.82) is 0 Å². The average molecular weight is 366 g/mol. The topological polar surface area (TPSA) is 64.3 Å². The number of rotatable bonds is 1. The van der Waals surface area contributed by atoms with Crippen molar-refractivity contribution in [1.82, 2.24) is 15.0 Å². The van der Waals surface area contributed by atoms with E-state index in [1.165, 1.54) is 30.4 Å². The molecular formula is C21H26N4O2. The molecule has 0 aromatic carbocycles. The molecule has 2 aliphatic heterocycles. The summed E-state index contributed by atoms with van der Waals surface area (Å²) >= 11 is 0. The first-order valence-electron chi connectivity index (χ1n) is 9.91. The summed E-state index contributed by atoms with van der Waals surface area (Å²) in [6.45, 7) is 10.2. The highest BCUT2D eigenvalue weighted by molar-refractivity contribution is 6.06. The second-order valence-electron chi connectivity index (χ2n) is 8.57. The zero-order chi connectivity index (χ0) is 18.8. The summed E-state index contributed by atoms with van der Waals surface area (Å²) < 4.78 is 12.3. The smallest absolute Gasteiger partial charge is 0.229 e. The summed E-state index contributed by atoms with van der Waals surface area (Å²) in [7, 11) is 0. The molecule has 3 aromatic heterocycles. The number of ether oxygens (including phenoxy) is 1. The maximum Gasteiger partial charge on any atom is 0.229 e. The Bertz CT molecular complexity index is 1040. The third-order valence-corrected chi connectivity index (χ3v) is 6.09. The van der Waals surface area contributed by atoms with Crippen LogP contribution in [0.5, 0.6) is 0 Å². The van der Waals surface area contributed by atoms with E-state index in [-0.39, 0.29) is 5.60 Å². The van der Waals surface area contributed by atoms with Gasteiger partial charge in [-0.3, -0.25) is 0 Å². The molecule has 1 atom stereocenters. The van der Waals surface area contributed by atoms with Crippen molar-refractivity contribution in [2.45, 2.75) is 71.6 Å². The van der Waals surface area contributed by atoms with Crippen LogP contribution in [0.4, 0.5) is 5.82 Å². The predicted octanol–water partition coefficient (Wildman–Crippen LogP) is 4.31. The molecule has 3 aromatic rings. The quantitative estimate of drug-likeness (QED) is 0.639. The van der Waals surface area contributed by atoms with Crippen molar-refractivity contribution in [3.63, 3.8) is 0 Å². The molecule has 1 unspecified atom stereocenters. The van der Waals surface area contributed by atoms with Crippen molar-refractivity contribution in [3.05, 3.63) is 23.1 Å². The minimum absolute atomic E-state index is 0.200. The first-order valence-corrected chi connectivity index (χ1v) is 9.91. The minimum atomic E-state index is -0.200. The van der Waals surface area contributed by atoms with Crippen molar-refractivity contribution in [2.24, 2.45) is 0 Å². The maximum absolute atomic E-state index is 6.28. The van der Waals surface area contributed by atoms with Gasteiger partial charge in [0.05, 0.1) is 17.6 Å². The van der Waals surface area contributed by atoms with E-state index in [0.29, 0.717) is 18.4 Å². The molecule has 27 heavy (non-hydrogen) atoms. The van der Waals surface area contributed by atoms with Crippen LogP contribution in [0.1, 0.15) is 56.9 Å². The van der Waals surface area contributed by atoms with Crippen LogP contribution in [0, 0.1) is 6.92 Å². The zero-order valence-electron chi connectivity index (χ0n) is 16.5. The number of fused-ring (bicyclic) bond motifs is 5. The Morgan fingerprint density at radius 3 is 2.85 bits per heavy atom. The molecule has 6 heteroatoms. The number of aryl methyl sites for hydroxylation is 1. The molecule has 6 nitrogen and oxygen atoms in total. The lowest BCUT2D eigenvalue weighted by Crippen LogP contribution is -2.38. The Hall–Kier alpha value is -2.21. The summed E-state index contributed by atoms with van der Waals surface area (Å²) in [6, 6.07) is 0.459. The van der Waals surface area contributed by atoms with Gasteiger partial charge in [0.15, 0.2) is 11.4 Å². The number of hydrogen-bond donors (Lipinski definition) is 0. The van der Waals surface area contributed by atoms with Gasteiger partial charge < -0.3 is 14.1 Å². The Morgan fingerprint density at radius 1 is 1.19 bits per heavy atom. The highest BCUT2D eigenvalue weighted by Crippen LogP contribution is 2.40. The Balaban J connectivity index is 1.78. The van der Waals surface area contributed by atoms with Crippen LogP contribution in [0.2, 0.25) is 0 Å². The summed E-state index contributed by atoms with van der Waals surface area (Å²) in [6.07, 6.45) is 6.15. The number of hydrogen-bond acceptors (Lipinski definition) is 6. The third-order valence-electron chi connectivity index (χ3n) is 6.09. The number of aromatic nitrogens is 3. The van der Waals surface area contributed by atoms with Crippen molar-refractivity contribution < 1.29 is 9.15 Å². The van der Waals surface area contributed by atoms with E-state index in [1.807, 2.05) is 6.92 Å². The van der Waals surface area contributed by atoms with E-state index in [4.69, 9.17) is 14.1 Å². The van der Waals surface area contributed by atoms with Crippen LogP contribution in [0.25, 0.3) is 22.2 Å². The van der Waals surface area contributed by atoms with Gasteiger partial charge in [-0.05, 0) is 52.5 Å². The summed E-state index contributed by atoms with van der Waals surface area (Å²) in [5, 5.41) is 1.04. The van der Waals surface area contributed by atoms with Crippen LogP contribution >= 0.6 is 0 Å². The van der Waals surface area contributed by atoms with Gasteiger partial charge >= 0.3 is 0 Å². The fourth-order valence-electron chi connectivity index (χ4n) is 4.57. The van der Waals surface area contributed by atoms with Crippen molar-refractivity contribution in [2.75, 3.05) is 11.4 Å². The van der Waals surface area contributed by atoms with E-state index in [0.717, 1.165) is 41.0 Å².